The lowest BCUT2D eigenvalue weighted by Gasteiger charge is -1.96. The third-order valence-corrected chi connectivity index (χ3v) is 1.83. The number of nitrogens with zero attached hydrogens (tertiary/aromatic N) is 3. The van der Waals surface area contributed by atoms with Crippen LogP contribution >= 0.6 is 0 Å². The van der Waals surface area contributed by atoms with Gasteiger partial charge in [-0.3, -0.25) is 10.1 Å². The maximum Gasteiger partial charge on any atom is 0.313 e. The Hall–Kier alpha value is -2.51. The fourth-order valence-corrected chi connectivity index (χ4v) is 1.13. The van der Waals surface area contributed by atoms with Crippen LogP contribution in [0.25, 0.3) is 11.5 Å². The van der Waals surface area contributed by atoms with Gasteiger partial charge in [0.25, 0.3) is 11.6 Å². The van der Waals surface area contributed by atoms with E-state index in [1.807, 2.05) is 0 Å². The molecule has 2 rings (SSSR count). The standard InChI is InChI=1S/C8H5FN4O3/c9-6-3-4(13(14)15)1-2-5(6)7-11-12-8(10)16-7/h1-3H,(H2,10,12). The van der Waals surface area contributed by atoms with Gasteiger partial charge in [0.2, 0.25) is 0 Å². The summed E-state index contributed by atoms with van der Waals surface area (Å²) in [7, 11) is 0. The number of halogens is 1. The Morgan fingerprint density at radius 1 is 1.44 bits per heavy atom. The van der Waals surface area contributed by atoms with Crippen LogP contribution < -0.4 is 5.73 Å². The Bertz CT molecular complexity index is 554. The second-order valence-electron chi connectivity index (χ2n) is 2.87. The molecule has 0 fully saturated rings. The van der Waals surface area contributed by atoms with E-state index in [2.05, 4.69) is 10.2 Å². The van der Waals surface area contributed by atoms with E-state index in [0.717, 1.165) is 12.1 Å². The number of nitrogens with two attached hydrogens (primary N) is 1. The molecule has 82 valence electrons. The van der Waals surface area contributed by atoms with Gasteiger partial charge in [-0.05, 0) is 6.07 Å². The summed E-state index contributed by atoms with van der Waals surface area (Å²) in [5.74, 6) is -0.942. The molecule has 1 aromatic carbocycles. The molecule has 0 aliphatic carbocycles. The Labute approximate surface area is 87.8 Å². The number of benzene rings is 1. The molecule has 1 aromatic heterocycles. The molecule has 2 aromatic rings. The summed E-state index contributed by atoms with van der Waals surface area (Å²) in [5, 5.41) is 17.2. The van der Waals surface area contributed by atoms with E-state index in [1.165, 1.54) is 6.07 Å². The summed E-state index contributed by atoms with van der Waals surface area (Å²) < 4.78 is 18.2. The lowest BCUT2D eigenvalue weighted by molar-refractivity contribution is -0.385. The highest BCUT2D eigenvalue weighted by atomic mass is 19.1. The molecule has 8 heteroatoms. The van der Waals surface area contributed by atoms with E-state index in [4.69, 9.17) is 10.2 Å². The van der Waals surface area contributed by atoms with E-state index in [-0.39, 0.29) is 23.2 Å². The van der Waals surface area contributed by atoms with Crippen molar-refractivity contribution in [2.75, 3.05) is 5.73 Å². The van der Waals surface area contributed by atoms with Crippen LogP contribution in [0.5, 0.6) is 0 Å². The number of non-ortho nitro benzene ring substituents is 1. The van der Waals surface area contributed by atoms with E-state index in [9.17, 15) is 14.5 Å². The first-order valence-electron chi connectivity index (χ1n) is 4.11. The van der Waals surface area contributed by atoms with Crippen LogP contribution in [0, 0.1) is 15.9 Å². The van der Waals surface area contributed by atoms with Gasteiger partial charge in [0.05, 0.1) is 16.6 Å². The minimum atomic E-state index is -0.821. The van der Waals surface area contributed by atoms with Crippen LogP contribution in [0.2, 0.25) is 0 Å². The van der Waals surface area contributed by atoms with Crippen molar-refractivity contribution in [1.82, 2.24) is 10.2 Å². The largest absolute Gasteiger partial charge is 0.403 e. The smallest absolute Gasteiger partial charge is 0.313 e. The minimum Gasteiger partial charge on any atom is -0.403 e. The average molecular weight is 224 g/mol. The molecule has 0 unspecified atom stereocenters. The fraction of sp³-hybridized carbons (Fsp3) is 0. The number of rotatable bonds is 2. The predicted molar refractivity (Wildman–Crippen MR) is 50.8 cm³/mol. The zero-order chi connectivity index (χ0) is 11.7. The normalized spacial score (nSPS) is 10.3. The van der Waals surface area contributed by atoms with Crippen LogP contribution in [-0.2, 0) is 0 Å². The zero-order valence-electron chi connectivity index (χ0n) is 7.75. The molecular formula is C8H5FN4O3. The minimum absolute atomic E-state index is 0.0326. The number of anilines is 1. The highest BCUT2D eigenvalue weighted by Gasteiger charge is 2.15. The third-order valence-electron chi connectivity index (χ3n) is 1.83. The number of nitro groups is 1. The van der Waals surface area contributed by atoms with Gasteiger partial charge in [-0.25, -0.2) is 4.39 Å². The van der Waals surface area contributed by atoms with Gasteiger partial charge >= 0.3 is 6.01 Å². The van der Waals surface area contributed by atoms with E-state index < -0.39 is 10.7 Å². The third kappa shape index (κ3) is 1.67. The number of hydrogen-bond donors (Lipinski definition) is 1. The number of aromatic nitrogens is 2. The summed E-state index contributed by atoms with van der Waals surface area (Å²) in [5.41, 5.74) is 4.79. The maximum atomic E-state index is 13.4. The molecule has 0 saturated carbocycles. The van der Waals surface area contributed by atoms with E-state index in [0.29, 0.717) is 0 Å². The SMILES string of the molecule is Nc1nnc(-c2ccc([N+](=O)[O-])cc2F)o1. The van der Waals surface area contributed by atoms with Crippen LogP contribution in [0.3, 0.4) is 0 Å². The van der Waals surface area contributed by atoms with Gasteiger partial charge in [-0.2, -0.15) is 0 Å². The molecular weight excluding hydrogens is 219 g/mol. The molecule has 0 amide bonds. The first kappa shape index (κ1) is 10.0. The molecule has 0 aliphatic rings. The van der Waals surface area contributed by atoms with Gasteiger partial charge in [-0.1, -0.05) is 5.10 Å². The highest BCUT2D eigenvalue weighted by Crippen LogP contribution is 2.25. The van der Waals surface area contributed by atoms with Crippen LogP contribution in [0.4, 0.5) is 16.1 Å². The summed E-state index contributed by atoms with van der Waals surface area (Å²) >= 11 is 0. The van der Waals surface area contributed by atoms with Crippen molar-refractivity contribution < 1.29 is 13.7 Å². The Morgan fingerprint density at radius 3 is 2.69 bits per heavy atom. The molecule has 0 bridgehead atoms. The maximum absolute atomic E-state index is 13.4. The van der Waals surface area contributed by atoms with Gasteiger partial charge in [0.1, 0.15) is 5.82 Å². The lowest BCUT2D eigenvalue weighted by atomic mass is 10.2. The molecule has 16 heavy (non-hydrogen) atoms. The number of nitrogen functional groups attached to an aromatic ring is 1. The zero-order valence-corrected chi connectivity index (χ0v) is 7.75. The van der Waals surface area contributed by atoms with Crippen molar-refractivity contribution in [2.24, 2.45) is 0 Å². The lowest BCUT2D eigenvalue weighted by Crippen LogP contribution is -1.91. The summed E-state index contributed by atoms with van der Waals surface area (Å²) in [6.45, 7) is 0. The second-order valence-corrected chi connectivity index (χ2v) is 2.87. The summed E-state index contributed by atoms with van der Waals surface area (Å²) in [6, 6.07) is 2.89. The molecule has 1 heterocycles. The molecule has 7 nitrogen and oxygen atoms in total. The molecule has 0 aliphatic heterocycles. The van der Waals surface area contributed by atoms with Gasteiger partial charge < -0.3 is 10.2 Å². The van der Waals surface area contributed by atoms with Gasteiger partial charge in [0, 0.05) is 6.07 Å². The van der Waals surface area contributed by atoms with E-state index >= 15 is 0 Å². The van der Waals surface area contributed by atoms with Crippen molar-refractivity contribution >= 4 is 11.7 Å². The Kier molecular flexibility index (Phi) is 2.24. The number of hydrogen-bond acceptors (Lipinski definition) is 6. The van der Waals surface area contributed by atoms with Crippen molar-refractivity contribution in [3.63, 3.8) is 0 Å². The molecule has 0 atom stereocenters. The number of nitro benzene ring substituents is 1. The van der Waals surface area contributed by atoms with Gasteiger partial charge in [0.15, 0.2) is 0 Å². The molecule has 0 radical (unpaired) electrons. The van der Waals surface area contributed by atoms with Crippen LogP contribution in [-0.4, -0.2) is 15.1 Å². The van der Waals surface area contributed by atoms with Crippen molar-refractivity contribution in [3.8, 4) is 11.5 Å². The van der Waals surface area contributed by atoms with Crippen LogP contribution in [0.1, 0.15) is 0 Å². The Balaban J connectivity index is 2.47. The van der Waals surface area contributed by atoms with Crippen LogP contribution in [0.15, 0.2) is 22.6 Å². The second kappa shape index (κ2) is 3.57. The topological polar surface area (TPSA) is 108 Å². The monoisotopic (exact) mass is 224 g/mol. The molecule has 2 N–H and O–H groups in total. The van der Waals surface area contributed by atoms with Crippen molar-refractivity contribution in [1.29, 1.82) is 0 Å². The van der Waals surface area contributed by atoms with Crippen molar-refractivity contribution in [2.45, 2.75) is 0 Å². The molecule has 0 spiro atoms. The summed E-state index contributed by atoms with van der Waals surface area (Å²) in [6.07, 6.45) is 0. The first-order valence-corrected chi connectivity index (χ1v) is 4.11. The van der Waals surface area contributed by atoms with E-state index in [1.54, 1.807) is 0 Å². The fourth-order valence-electron chi connectivity index (χ4n) is 1.13. The quantitative estimate of drug-likeness (QED) is 0.609. The first-order chi connectivity index (χ1) is 7.58. The van der Waals surface area contributed by atoms with Crippen molar-refractivity contribution in [3.05, 3.63) is 34.1 Å². The predicted octanol–water partition coefficient (Wildman–Crippen LogP) is 1.37. The van der Waals surface area contributed by atoms with Gasteiger partial charge in [-0.15, -0.1) is 5.10 Å². The highest BCUT2D eigenvalue weighted by molar-refractivity contribution is 5.57. The average Bonchev–Trinajstić information content (AvgIpc) is 2.64. The molecule has 0 saturated heterocycles. The summed E-state index contributed by atoms with van der Waals surface area (Å²) in [4.78, 5) is 9.67. The Morgan fingerprint density at radius 2 is 2.19 bits per heavy atom.